The van der Waals surface area contributed by atoms with Crippen LogP contribution in [0.3, 0.4) is 0 Å². The third kappa shape index (κ3) is 1.07. The lowest BCUT2D eigenvalue weighted by atomic mass is 10.2. The van der Waals surface area contributed by atoms with Crippen molar-refractivity contribution in [3.8, 4) is 0 Å². The Bertz CT molecular complexity index is 221. The average Bonchev–Trinajstić information content (AvgIpc) is 2.35. The van der Waals surface area contributed by atoms with Gasteiger partial charge >= 0.3 is 0 Å². The molecule has 0 saturated carbocycles. The molecule has 1 nitrogen and oxygen atoms in total. The molecule has 1 aliphatic carbocycles. The molecule has 2 N–H and O–H groups in total. The zero-order valence-electron chi connectivity index (χ0n) is 5.54. The van der Waals surface area contributed by atoms with Crippen LogP contribution < -0.4 is 5.73 Å². The van der Waals surface area contributed by atoms with Crippen LogP contribution in [-0.2, 0) is 6.42 Å². The van der Waals surface area contributed by atoms with Gasteiger partial charge in [0.2, 0.25) is 0 Å². The van der Waals surface area contributed by atoms with Crippen molar-refractivity contribution in [1.82, 2.24) is 0 Å². The Hall–Kier alpha value is -0.0500. The SMILES string of the molecule is Cl.NC1CCc2sccc21. The average molecular weight is 176 g/mol. The Balaban J connectivity index is 0.000000500. The van der Waals surface area contributed by atoms with Crippen LogP contribution in [0.25, 0.3) is 0 Å². The van der Waals surface area contributed by atoms with E-state index < -0.39 is 0 Å². The molecule has 0 fully saturated rings. The maximum Gasteiger partial charge on any atom is 0.0309 e. The molecule has 0 aliphatic heterocycles. The molecule has 56 valence electrons. The lowest BCUT2D eigenvalue weighted by Gasteiger charge is -1.97. The second-order valence-electron chi connectivity index (χ2n) is 2.44. The van der Waals surface area contributed by atoms with Gasteiger partial charge in [-0.15, -0.1) is 23.7 Å². The monoisotopic (exact) mass is 175 g/mol. The fourth-order valence-corrected chi connectivity index (χ4v) is 2.30. The van der Waals surface area contributed by atoms with Gasteiger partial charge in [0.05, 0.1) is 0 Å². The van der Waals surface area contributed by atoms with Gasteiger partial charge in [0.25, 0.3) is 0 Å². The second kappa shape index (κ2) is 2.91. The highest BCUT2D eigenvalue weighted by Gasteiger charge is 2.18. The van der Waals surface area contributed by atoms with E-state index in [1.54, 1.807) is 0 Å². The number of nitrogens with two attached hydrogens (primary N) is 1. The third-order valence-corrected chi connectivity index (χ3v) is 2.86. The van der Waals surface area contributed by atoms with Crippen molar-refractivity contribution in [2.45, 2.75) is 18.9 Å². The van der Waals surface area contributed by atoms with Crippen molar-refractivity contribution in [3.05, 3.63) is 21.9 Å². The Morgan fingerprint density at radius 2 is 2.40 bits per heavy atom. The quantitative estimate of drug-likeness (QED) is 0.643. The first-order chi connectivity index (χ1) is 4.38. The van der Waals surface area contributed by atoms with E-state index in [1.807, 2.05) is 11.3 Å². The van der Waals surface area contributed by atoms with E-state index >= 15 is 0 Å². The molecule has 0 amide bonds. The largest absolute Gasteiger partial charge is 0.324 e. The van der Waals surface area contributed by atoms with E-state index in [2.05, 4.69) is 11.4 Å². The smallest absolute Gasteiger partial charge is 0.0309 e. The molecule has 3 heteroatoms. The second-order valence-corrected chi connectivity index (χ2v) is 3.44. The molecule has 1 heterocycles. The maximum atomic E-state index is 5.80. The van der Waals surface area contributed by atoms with Crippen molar-refractivity contribution in [2.75, 3.05) is 0 Å². The summed E-state index contributed by atoms with van der Waals surface area (Å²) in [6, 6.07) is 2.49. The summed E-state index contributed by atoms with van der Waals surface area (Å²) in [6.07, 6.45) is 2.36. The number of rotatable bonds is 0. The van der Waals surface area contributed by atoms with Gasteiger partial charge < -0.3 is 5.73 Å². The lowest BCUT2D eigenvalue weighted by molar-refractivity contribution is 0.713. The van der Waals surface area contributed by atoms with Crippen LogP contribution in [0.15, 0.2) is 11.4 Å². The highest BCUT2D eigenvalue weighted by molar-refractivity contribution is 7.10. The summed E-state index contributed by atoms with van der Waals surface area (Å²) in [4.78, 5) is 1.50. The van der Waals surface area contributed by atoms with Gasteiger partial charge in [0, 0.05) is 10.9 Å². The molecular weight excluding hydrogens is 166 g/mol. The molecule has 1 aromatic heterocycles. The molecule has 1 unspecified atom stereocenters. The fourth-order valence-electron chi connectivity index (χ4n) is 1.33. The first-order valence-electron chi connectivity index (χ1n) is 3.20. The van der Waals surface area contributed by atoms with Crippen molar-refractivity contribution in [3.63, 3.8) is 0 Å². The summed E-state index contributed by atoms with van der Waals surface area (Å²) < 4.78 is 0. The van der Waals surface area contributed by atoms with E-state index in [0.29, 0.717) is 6.04 Å². The van der Waals surface area contributed by atoms with Crippen LogP contribution in [-0.4, -0.2) is 0 Å². The fraction of sp³-hybridized carbons (Fsp3) is 0.429. The van der Waals surface area contributed by atoms with Crippen LogP contribution in [0.4, 0.5) is 0 Å². The van der Waals surface area contributed by atoms with Gasteiger partial charge in [-0.05, 0) is 29.9 Å². The van der Waals surface area contributed by atoms with Crippen LogP contribution in [0.1, 0.15) is 22.9 Å². The lowest BCUT2D eigenvalue weighted by Crippen LogP contribution is -2.03. The van der Waals surface area contributed by atoms with Crippen molar-refractivity contribution < 1.29 is 0 Å². The molecule has 1 atom stereocenters. The van der Waals surface area contributed by atoms with Gasteiger partial charge in [-0.25, -0.2) is 0 Å². The van der Waals surface area contributed by atoms with Crippen molar-refractivity contribution >= 4 is 23.7 Å². The van der Waals surface area contributed by atoms with E-state index in [1.165, 1.54) is 16.9 Å². The summed E-state index contributed by atoms with van der Waals surface area (Å²) in [5.41, 5.74) is 7.19. The molecular formula is C7H10ClNS. The Kier molecular flexibility index (Phi) is 2.34. The summed E-state index contributed by atoms with van der Waals surface area (Å²) in [5.74, 6) is 0. The number of hydrogen-bond donors (Lipinski definition) is 1. The maximum absolute atomic E-state index is 5.80. The minimum Gasteiger partial charge on any atom is -0.324 e. The van der Waals surface area contributed by atoms with Gasteiger partial charge in [-0.3, -0.25) is 0 Å². The van der Waals surface area contributed by atoms with Gasteiger partial charge in [0.15, 0.2) is 0 Å². The van der Waals surface area contributed by atoms with Crippen LogP contribution in [0, 0.1) is 0 Å². The van der Waals surface area contributed by atoms with E-state index in [-0.39, 0.29) is 12.4 Å². The predicted octanol–water partition coefficient (Wildman–Crippen LogP) is 2.12. The van der Waals surface area contributed by atoms with E-state index in [9.17, 15) is 0 Å². The standard InChI is InChI=1S/C7H9NS.ClH/c8-6-1-2-7-5(6)3-4-9-7;/h3-4,6H,1-2,8H2;1H. The zero-order chi connectivity index (χ0) is 6.27. The van der Waals surface area contributed by atoms with E-state index in [4.69, 9.17) is 5.73 Å². The minimum absolute atomic E-state index is 0. The van der Waals surface area contributed by atoms with Crippen LogP contribution >= 0.6 is 23.7 Å². The van der Waals surface area contributed by atoms with Gasteiger partial charge in [-0.1, -0.05) is 0 Å². The molecule has 1 aromatic rings. The summed E-state index contributed by atoms with van der Waals surface area (Å²) in [5, 5.41) is 2.13. The first-order valence-corrected chi connectivity index (χ1v) is 4.08. The summed E-state index contributed by atoms with van der Waals surface area (Å²) in [6.45, 7) is 0. The number of fused-ring (bicyclic) bond motifs is 1. The molecule has 0 spiro atoms. The molecule has 0 aromatic carbocycles. The number of aryl methyl sites for hydroxylation is 1. The number of thiophene rings is 1. The topological polar surface area (TPSA) is 26.0 Å². The zero-order valence-corrected chi connectivity index (χ0v) is 7.17. The Morgan fingerprint density at radius 3 is 3.10 bits per heavy atom. The Labute approximate surface area is 70.7 Å². The Morgan fingerprint density at radius 1 is 1.60 bits per heavy atom. The predicted molar refractivity (Wildman–Crippen MR) is 46.8 cm³/mol. The van der Waals surface area contributed by atoms with E-state index in [0.717, 1.165) is 6.42 Å². The molecule has 1 aliphatic rings. The molecule has 0 bridgehead atoms. The van der Waals surface area contributed by atoms with Gasteiger partial charge in [0.1, 0.15) is 0 Å². The minimum atomic E-state index is 0. The molecule has 0 saturated heterocycles. The number of halogens is 1. The highest BCUT2D eigenvalue weighted by Crippen LogP contribution is 2.32. The molecule has 10 heavy (non-hydrogen) atoms. The number of hydrogen-bond acceptors (Lipinski definition) is 2. The van der Waals surface area contributed by atoms with Crippen molar-refractivity contribution in [1.29, 1.82) is 0 Å². The normalized spacial score (nSPS) is 21.9. The summed E-state index contributed by atoms with van der Waals surface area (Å²) in [7, 11) is 0. The summed E-state index contributed by atoms with van der Waals surface area (Å²) >= 11 is 1.84. The first kappa shape index (κ1) is 8.05. The highest BCUT2D eigenvalue weighted by atomic mass is 35.5. The molecule has 2 rings (SSSR count). The van der Waals surface area contributed by atoms with Crippen LogP contribution in [0.2, 0.25) is 0 Å². The van der Waals surface area contributed by atoms with Crippen molar-refractivity contribution in [2.24, 2.45) is 5.73 Å². The van der Waals surface area contributed by atoms with Gasteiger partial charge in [-0.2, -0.15) is 0 Å². The third-order valence-electron chi connectivity index (χ3n) is 1.86. The van der Waals surface area contributed by atoms with Crippen LogP contribution in [0.5, 0.6) is 0 Å². The molecule has 0 radical (unpaired) electrons.